The fraction of sp³-hybridized carbons (Fsp3) is 0.367. The number of rotatable bonds is 9. The summed E-state index contributed by atoms with van der Waals surface area (Å²) >= 11 is 0. The predicted molar refractivity (Wildman–Crippen MR) is 152 cm³/mol. The highest BCUT2D eigenvalue weighted by molar-refractivity contribution is 7.92. The van der Waals surface area contributed by atoms with Crippen molar-refractivity contribution in [1.29, 1.82) is 0 Å². The first-order valence-corrected chi connectivity index (χ1v) is 14.5. The van der Waals surface area contributed by atoms with Crippen LogP contribution in [0.1, 0.15) is 38.3 Å². The molecule has 1 fully saturated rings. The molecule has 202 valence electrons. The van der Waals surface area contributed by atoms with Gasteiger partial charge in [-0.3, -0.25) is 9.52 Å². The van der Waals surface area contributed by atoms with Crippen molar-refractivity contribution in [3.05, 3.63) is 90.0 Å². The largest absolute Gasteiger partial charge is 0.460 e. The van der Waals surface area contributed by atoms with Crippen LogP contribution in [0.3, 0.4) is 0 Å². The van der Waals surface area contributed by atoms with Crippen LogP contribution in [0.5, 0.6) is 0 Å². The maximum absolute atomic E-state index is 13.5. The molecule has 8 heteroatoms. The van der Waals surface area contributed by atoms with Crippen LogP contribution in [-0.2, 0) is 26.0 Å². The lowest BCUT2D eigenvalue weighted by Gasteiger charge is -2.33. The highest BCUT2D eigenvalue weighted by atomic mass is 32.2. The summed E-state index contributed by atoms with van der Waals surface area (Å²) in [6.07, 6.45) is 1.33. The van der Waals surface area contributed by atoms with E-state index in [4.69, 9.17) is 4.74 Å². The molecule has 1 aliphatic heterocycles. The van der Waals surface area contributed by atoms with Gasteiger partial charge in [0.2, 0.25) is 0 Å². The SMILES string of the molecule is CC(C)(C)OC(=O)C1CNCCC1CNc1ccccc1NS(=O)(=O)c1ccccc1Cc1ccccc1. The second kappa shape index (κ2) is 12.0. The number of carbonyl (C=O) groups is 1. The Labute approximate surface area is 226 Å². The molecule has 0 aromatic heterocycles. The summed E-state index contributed by atoms with van der Waals surface area (Å²) in [5.41, 5.74) is 2.35. The highest BCUT2D eigenvalue weighted by Gasteiger charge is 2.34. The number of para-hydroxylation sites is 2. The van der Waals surface area contributed by atoms with E-state index in [1.165, 1.54) is 0 Å². The molecule has 0 aliphatic carbocycles. The van der Waals surface area contributed by atoms with Gasteiger partial charge in [-0.25, -0.2) is 8.42 Å². The number of anilines is 2. The molecule has 0 bridgehead atoms. The smallest absolute Gasteiger partial charge is 0.311 e. The summed E-state index contributed by atoms with van der Waals surface area (Å²) in [6, 6.07) is 24.1. The van der Waals surface area contributed by atoms with E-state index in [9.17, 15) is 13.2 Å². The van der Waals surface area contributed by atoms with Crippen LogP contribution >= 0.6 is 0 Å². The first kappa shape index (κ1) is 27.7. The predicted octanol–water partition coefficient (Wildman–Crippen LogP) is 5.06. The standard InChI is InChI=1S/C30H37N3O4S/c1-30(2,3)37-29(34)25-21-31-18-17-24(25)20-32-26-14-8-9-15-27(26)33-38(35,36)28-16-10-7-13-23(28)19-22-11-5-4-6-12-22/h4-16,24-25,31-33H,17-21H2,1-3H3. The average molecular weight is 536 g/mol. The van der Waals surface area contributed by atoms with Gasteiger partial charge in [0.1, 0.15) is 5.60 Å². The van der Waals surface area contributed by atoms with E-state index < -0.39 is 15.6 Å². The van der Waals surface area contributed by atoms with E-state index in [1.54, 1.807) is 24.3 Å². The molecule has 0 saturated carbocycles. The van der Waals surface area contributed by atoms with Gasteiger partial charge in [-0.05, 0) is 75.4 Å². The minimum atomic E-state index is -3.85. The van der Waals surface area contributed by atoms with E-state index in [1.807, 2.05) is 75.4 Å². The first-order chi connectivity index (χ1) is 18.1. The van der Waals surface area contributed by atoms with E-state index in [0.717, 1.165) is 24.1 Å². The summed E-state index contributed by atoms with van der Waals surface area (Å²) in [5, 5.41) is 6.69. The van der Waals surface area contributed by atoms with E-state index in [0.29, 0.717) is 30.9 Å². The van der Waals surface area contributed by atoms with Crippen LogP contribution in [0.2, 0.25) is 0 Å². The van der Waals surface area contributed by atoms with Crippen molar-refractivity contribution in [1.82, 2.24) is 5.32 Å². The van der Waals surface area contributed by atoms with Crippen LogP contribution in [0.15, 0.2) is 83.8 Å². The van der Waals surface area contributed by atoms with Crippen LogP contribution < -0.4 is 15.4 Å². The molecule has 3 N–H and O–H groups in total. The second-order valence-corrected chi connectivity index (χ2v) is 12.3. The number of hydrogen-bond donors (Lipinski definition) is 3. The molecule has 0 radical (unpaired) electrons. The Bertz CT molecular complexity index is 1340. The third-order valence-electron chi connectivity index (χ3n) is 6.56. The lowest BCUT2D eigenvalue weighted by atomic mass is 9.86. The Morgan fingerprint density at radius 3 is 2.34 bits per heavy atom. The van der Waals surface area contributed by atoms with E-state index in [-0.39, 0.29) is 22.7 Å². The zero-order chi connectivity index (χ0) is 27.2. The first-order valence-electron chi connectivity index (χ1n) is 13.0. The van der Waals surface area contributed by atoms with Gasteiger partial charge >= 0.3 is 5.97 Å². The normalized spacial score (nSPS) is 18.0. The molecule has 3 aromatic carbocycles. The number of carbonyl (C=O) groups excluding carboxylic acids is 1. The van der Waals surface area contributed by atoms with Gasteiger partial charge in [0.25, 0.3) is 10.0 Å². The third kappa shape index (κ3) is 7.36. The third-order valence-corrected chi connectivity index (χ3v) is 8.03. The molecule has 0 amide bonds. The maximum Gasteiger partial charge on any atom is 0.311 e. The fourth-order valence-corrected chi connectivity index (χ4v) is 6.03. The molecule has 2 atom stereocenters. The number of benzene rings is 3. The van der Waals surface area contributed by atoms with Crippen LogP contribution in [-0.4, -0.2) is 39.6 Å². The summed E-state index contributed by atoms with van der Waals surface area (Å²) in [4.78, 5) is 13.1. The Morgan fingerprint density at radius 2 is 1.61 bits per heavy atom. The highest BCUT2D eigenvalue weighted by Crippen LogP contribution is 2.29. The van der Waals surface area contributed by atoms with Crippen molar-refractivity contribution in [3.8, 4) is 0 Å². The zero-order valence-corrected chi connectivity index (χ0v) is 23.1. The zero-order valence-electron chi connectivity index (χ0n) is 22.2. The van der Waals surface area contributed by atoms with Crippen LogP contribution in [0.25, 0.3) is 0 Å². The molecular formula is C30H37N3O4S. The average Bonchev–Trinajstić information content (AvgIpc) is 2.88. The van der Waals surface area contributed by atoms with Crippen LogP contribution in [0.4, 0.5) is 11.4 Å². The van der Waals surface area contributed by atoms with Crippen molar-refractivity contribution in [2.45, 2.75) is 44.1 Å². The molecule has 3 aromatic rings. The minimum absolute atomic E-state index is 0.0577. The number of sulfonamides is 1. The molecule has 1 saturated heterocycles. The lowest BCUT2D eigenvalue weighted by Crippen LogP contribution is -2.45. The summed E-state index contributed by atoms with van der Waals surface area (Å²) in [7, 11) is -3.85. The molecule has 1 aliphatic rings. The molecule has 1 heterocycles. The molecule has 2 unspecified atom stereocenters. The summed E-state index contributed by atoms with van der Waals surface area (Å²) in [6.45, 7) is 7.51. The lowest BCUT2D eigenvalue weighted by molar-refractivity contribution is -0.162. The van der Waals surface area contributed by atoms with Gasteiger partial charge in [0, 0.05) is 13.1 Å². The molecule has 7 nitrogen and oxygen atoms in total. The topological polar surface area (TPSA) is 96.5 Å². The Kier molecular flexibility index (Phi) is 8.74. The summed E-state index contributed by atoms with van der Waals surface area (Å²) < 4.78 is 35.5. The number of ether oxygens (including phenoxy) is 1. The quantitative estimate of drug-likeness (QED) is 0.332. The van der Waals surface area contributed by atoms with Crippen molar-refractivity contribution in [2.24, 2.45) is 11.8 Å². The number of esters is 1. The minimum Gasteiger partial charge on any atom is -0.460 e. The van der Waals surface area contributed by atoms with E-state index >= 15 is 0 Å². The van der Waals surface area contributed by atoms with Gasteiger partial charge in [-0.2, -0.15) is 0 Å². The van der Waals surface area contributed by atoms with Gasteiger partial charge in [-0.1, -0.05) is 60.7 Å². The molecule has 38 heavy (non-hydrogen) atoms. The fourth-order valence-electron chi connectivity index (χ4n) is 4.71. The maximum atomic E-state index is 13.5. The monoisotopic (exact) mass is 535 g/mol. The second-order valence-electron chi connectivity index (χ2n) is 10.7. The summed E-state index contributed by atoms with van der Waals surface area (Å²) in [5.74, 6) is -0.424. The molecular weight excluding hydrogens is 498 g/mol. The van der Waals surface area contributed by atoms with Gasteiger partial charge in [0.05, 0.1) is 22.2 Å². The molecule has 4 rings (SSSR count). The Morgan fingerprint density at radius 1 is 0.947 bits per heavy atom. The Hall–Kier alpha value is -3.36. The van der Waals surface area contributed by atoms with Crippen LogP contribution in [0, 0.1) is 11.8 Å². The number of nitrogens with one attached hydrogen (secondary N) is 3. The number of piperidine rings is 1. The van der Waals surface area contributed by atoms with Crippen molar-refractivity contribution in [2.75, 3.05) is 29.7 Å². The van der Waals surface area contributed by atoms with Gasteiger partial charge in [-0.15, -0.1) is 0 Å². The molecule has 0 spiro atoms. The van der Waals surface area contributed by atoms with Crippen molar-refractivity contribution in [3.63, 3.8) is 0 Å². The van der Waals surface area contributed by atoms with Crippen molar-refractivity contribution >= 4 is 27.4 Å². The van der Waals surface area contributed by atoms with Crippen molar-refractivity contribution < 1.29 is 17.9 Å². The van der Waals surface area contributed by atoms with Gasteiger partial charge < -0.3 is 15.4 Å². The van der Waals surface area contributed by atoms with E-state index in [2.05, 4.69) is 15.4 Å². The Balaban J connectivity index is 1.50. The number of hydrogen-bond acceptors (Lipinski definition) is 6. The van der Waals surface area contributed by atoms with Gasteiger partial charge in [0.15, 0.2) is 0 Å².